The molecule has 150 valence electrons. The first-order valence-corrected chi connectivity index (χ1v) is 9.08. The van der Waals surface area contributed by atoms with Crippen molar-refractivity contribution in [2.75, 3.05) is 11.9 Å². The maximum atomic E-state index is 13.5. The predicted molar refractivity (Wildman–Crippen MR) is 104 cm³/mol. The number of halogens is 1. The number of amides is 1. The fraction of sp³-hybridized carbons (Fsp3) is 0.381. The van der Waals surface area contributed by atoms with Crippen LogP contribution in [0, 0.1) is 19.7 Å². The van der Waals surface area contributed by atoms with Crippen LogP contribution in [0.1, 0.15) is 64.4 Å². The molecular weight excluding hydrogens is 363 g/mol. The number of carbonyl (C=O) groups excluding carboxylic acids is 3. The van der Waals surface area contributed by atoms with Crippen molar-refractivity contribution in [1.29, 1.82) is 0 Å². The van der Waals surface area contributed by atoms with Crippen LogP contribution < -0.4 is 5.32 Å². The number of nitrogens with one attached hydrogen (secondary N) is 1. The normalized spacial score (nSPS) is 10.9. The van der Waals surface area contributed by atoms with E-state index in [2.05, 4.69) is 5.32 Å². The smallest absolute Gasteiger partial charge is 0.381 e. The van der Waals surface area contributed by atoms with E-state index < -0.39 is 17.7 Å². The minimum Gasteiger partial charge on any atom is -0.460 e. The second-order valence-corrected chi connectivity index (χ2v) is 6.90. The minimum absolute atomic E-state index is 0.0856. The Morgan fingerprint density at radius 2 is 1.86 bits per heavy atom. The van der Waals surface area contributed by atoms with Gasteiger partial charge in [-0.3, -0.25) is 9.59 Å². The Labute approximate surface area is 163 Å². The van der Waals surface area contributed by atoms with Crippen molar-refractivity contribution in [2.45, 2.75) is 40.5 Å². The van der Waals surface area contributed by atoms with Crippen LogP contribution in [0.2, 0.25) is 0 Å². The highest BCUT2D eigenvalue weighted by Crippen LogP contribution is 2.30. The molecule has 0 bridgehead atoms. The largest absolute Gasteiger partial charge is 0.460 e. The molecule has 0 spiro atoms. The number of Topliss-reactive ketones (excluding diaryl/α,β-unsaturated/α-hetero) is 1. The molecule has 0 saturated heterocycles. The summed E-state index contributed by atoms with van der Waals surface area (Å²) in [7, 11) is 1.63. The van der Waals surface area contributed by atoms with E-state index in [9.17, 15) is 18.8 Å². The number of esters is 1. The highest BCUT2D eigenvalue weighted by Gasteiger charge is 2.32. The van der Waals surface area contributed by atoms with Crippen LogP contribution in [-0.2, 0) is 16.6 Å². The highest BCUT2D eigenvalue weighted by molar-refractivity contribution is 6.41. The van der Waals surface area contributed by atoms with Gasteiger partial charge in [-0.2, -0.15) is 0 Å². The molecule has 1 aromatic carbocycles. The van der Waals surface area contributed by atoms with Crippen molar-refractivity contribution in [3.63, 3.8) is 0 Å². The van der Waals surface area contributed by atoms with Crippen molar-refractivity contribution in [3.05, 3.63) is 52.1 Å². The Hall–Kier alpha value is -2.96. The zero-order chi connectivity index (χ0) is 21.2. The van der Waals surface area contributed by atoms with E-state index in [4.69, 9.17) is 4.74 Å². The third-order valence-corrected chi connectivity index (χ3v) is 4.62. The van der Waals surface area contributed by atoms with Crippen LogP contribution in [0.5, 0.6) is 0 Å². The Morgan fingerprint density at radius 3 is 2.39 bits per heavy atom. The zero-order valence-electron chi connectivity index (χ0n) is 17.0. The highest BCUT2D eigenvalue weighted by atomic mass is 19.1. The number of aromatic nitrogens is 1. The van der Waals surface area contributed by atoms with Gasteiger partial charge in [-0.15, -0.1) is 0 Å². The quantitative estimate of drug-likeness (QED) is 0.462. The van der Waals surface area contributed by atoms with Gasteiger partial charge in [-0.05, 0) is 56.0 Å². The van der Waals surface area contributed by atoms with E-state index in [1.807, 2.05) is 13.8 Å². The molecule has 2 rings (SSSR count). The number of anilines is 1. The van der Waals surface area contributed by atoms with Crippen molar-refractivity contribution in [1.82, 2.24) is 4.57 Å². The number of hydrogen-bond donors (Lipinski definition) is 1. The van der Waals surface area contributed by atoms with Gasteiger partial charge in [0.25, 0.3) is 11.7 Å². The number of rotatable bonds is 6. The molecule has 1 heterocycles. The maximum Gasteiger partial charge on any atom is 0.381 e. The lowest BCUT2D eigenvalue weighted by Gasteiger charge is -2.12. The summed E-state index contributed by atoms with van der Waals surface area (Å²) >= 11 is 0. The van der Waals surface area contributed by atoms with Crippen molar-refractivity contribution >= 4 is 23.3 Å². The van der Waals surface area contributed by atoms with E-state index in [0.29, 0.717) is 28.1 Å². The van der Waals surface area contributed by atoms with Gasteiger partial charge in [0.2, 0.25) is 0 Å². The Balaban J connectivity index is 2.53. The van der Waals surface area contributed by atoms with Gasteiger partial charge in [-0.25, -0.2) is 9.18 Å². The van der Waals surface area contributed by atoms with E-state index in [1.54, 1.807) is 32.4 Å². The third-order valence-electron chi connectivity index (χ3n) is 4.62. The van der Waals surface area contributed by atoms with Crippen LogP contribution in [0.15, 0.2) is 18.2 Å². The molecule has 1 aromatic heterocycles. The summed E-state index contributed by atoms with van der Waals surface area (Å²) in [6.07, 6.45) is 0. The topological polar surface area (TPSA) is 77.4 Å². The fourth-order valence-corrected chi connectivity index (χ4v) is 3.16. The van der Waals surface area contributed by atoms with Gasteiger partial charge < -0.3 is 14.6 Å². The SMILES string of the molecule is CCOC(=O)C(=O)c1c(C(C)C)c(C(=O)Nc2ccc(F)c(C)c2)c(C)n1C. The molecule has 6 nitrogen and oxygen atoms in total. The van der Waals surface area contributed by atoms with Gasteiger partial charge in [-0.1, -0.05) is 13.8 Å². The molecule has 0 radical (unpaired) electrons. The molecule has 1 N–H and O–H groups in total. The number of hydrogen-bond acceptors (Lipinski definition) is 4. The van der Waals surface area contributed by atoms with Gasteiger partial charge in [0.05, 0.1) is 12.2 Å². The lowest BCUT2D eigenvalue weighted by Crippen LogP contribution is -2.22. The molecule has 0 aliphatic carbocycles. The van der Waals surface area contributed by atoms with Crippen molar-refractivity contribution in [3.8, 4) is 0 Å². The molecule has 7 heteroatoms. The lowest BCUT2D eigenvalue weighted by atomic mass is 9.95. The third kappa shape index (κ3) is 3.98. The average Bonchev–Trinajstić information content (AvgIpc) is 2.89. The van der Waals surface area contributed by atoms with Gasteiger partial charge in [0.1, 0.15) is 11.5 Å². The molecule has 0 aliphatic heterocycles. The Bertz CT molecular complexity index is 944. The average molecular weight is 388 g/mol. The van der Waals surface area contributed by atoms with E-state index in [-0.39, 0.29) is 24.0 Å². The number of ketones is 1. The summed E-state index contributed by atoms with van der Waals surface area (Å²) < 4.78 is 19.9. The number of carbonyl (C=O) groups is 3. The molecule has 2 aromatic rings. The van der Waals surface area contributed by atoms with Crippen LogP contribution in [0.25, 0.3) is 0 Å². The lowest BCUT2D eigenvalue weighted by molar-refractivity contribution is -0.137. The molecule has 28 heavy (non-hydrogen) atoms. The zero-order valence-corrected chi connectivity index (χ0v) is 17.0. The minimum atomic E-state index is -0.953. The summed E-state index contributed by atoms with van der Waals surface area (Å²) in [4.78, 5) is 37.6. The standard InChI is InChI=1S/C21H25FN2O4/c1-7-28-21(27)19(25)18-16(11(2)3)17(13(5)24(18)6)20(26)23-14-8-9-15(22)12(4)10-14/h8-11H,7H2,1-6H3,(H,23,26). The number of ether oxygens (including phenoxy) is 1. The second-order valence-electron chi connectivity index (χ2n) is 6.90. The van der Waals surface area contributed by atoms with Gasteiger partial charge >= 0.3 is 5.97 Å². The number of aryl methyl sites for hydroxylation is 1. The summed E-state index contributed by atoms with van der Waals surface area (Å²) in [6.45, 7) is 8.70. The molecule has 0 atom stereocenters. The monoisotopic (exact) mass is 388 g/mol. The van der Waals surface area contributed by atoms with Gasteiger partial charge in [0, 0.05) is 18.4 Å². The molecule has 0 saturated carbocycles. The summed E-state index contributed by atoms with van der Waals surface area (Å²) in [5.74, 6) is -2.72. The van der Waals surface area contributed by atoms with E-state index in [0.717, 1.165) is 0 Å². The molecule has 0 fully saturated rings. The van der Waals surface area contributed by atoms with Crippen LogP contribution in [0.4, 0.5) is 10.1 Å². The summed E-state index contributed by atoms with van der Waals surface area (Å²) in [5, 5.41) is 2.75. The molecular formula is C21H25FN2O4. The van der Waals surface area contributed by atoms with Crippen LogP contribution >= 0.6 is 0 Å². The summed E-state index contributed by atoms with van der Waals surface area (Å²) in [6, 6.07) is 4.28. The van der Waals surface area contributed by atoms with Crippen LogP contribution in [-0.4, -0.2) is 28.8 Å². The fourth-order valence-electron chi connectivity index (χ4n) is 3.16. The molecule has 0 aliphatic rings. The predicted octanol–water partition coefficient (Wildman–Crippen LogP) is 3.90. The first-order chi connectivity index (χ1) is 13.1. The Morgan fingerprint density at radius 1 is 1.21 bits per heavy atom. The van der Waals surface area contributed by atoms with E-state index in [1.165, 1.54) is 18.2 Å². The molecule has 1 amide bonds. The molecule has 0 unspecified atom stereocenters. The van der Waals surface area contributed by atoms with E-state index >= 15 is 0 Å². The van der Waals surface area contributed by atoms with Gasteiger partial charge in [0.15, 0.2) is 0 Å². The first-order valence-electron chi connectivity index (χ1n) is 9.08. The number of nitrogens with zero attached hydrogens (tertiary/aromatic N) is 1. The summed E-state index contributed by atoms with van der Waals surface area (Å²) in [5.41, 5.74) is 2.35. The van der Waals surface area contributed by atoms with Crippen molar-refractivity contribution in [2.24, 2.45) is 7.05 Å². The maximum absolute atomic E-state index is 13.5. The first kappa shape index (κ1) is 21.3. The number of benzene rings is 1. The second kappa shape index (κ2) is 8.37. The van der Waals surface area contributed by atoms with Crippen molar-refractivity contribution < 1.29 is 23.5 Å². The van der Waals surface area contributed by atoms with Crippen LogP contribution in [0.3, 0.4) is 0 Å². The Kier molecular flexibility index (Phi) is 6.38.